The number of nitrogens with zero attached hydrogens (tertiary/aromatic N) is 7. The van der Waals surface area contributed by atoms with Gasteiger partial charge >= 0.3 is 0 Å². The van der Waals surface area contributed by atoms with E-state index in [4.69, 9.17) is 0 Å². The average Bonchev–Trinajstić information content (AvgIpc) is 2.92. The van der Waals surface area contributed by atoms with Crippen molar-refractivity contribution in [1.29, 1.82) is 5.26 Å². The average molecular weight is 714 g/mol. The van der Waals surface area contributed by atoms with E-state index in [0.717, 1.165) is 0 Å². The number of rotatable bonds is 10. The molecule has 3 aromatic rings. The minimum Gasteiger partial charge on any atom is -0.294 e. The Morgan fingerprint density at radius 2 is 0.731 bits per heavy atom. The second kappa shape index (κ2) is 15.9. The summed E-state index contributed by atoms with van der Waals surface area (Å²) >= 11 is 0. The first-order chi connectivity index (χ1) is 23.8. The molecule has 2 aromatic heterocycles. The Kier molecular flexibility index (Phi) is 12.5. The molecule has 0 atom stereocenters. The van der Waals surface area contributed by atoms with Crippen LogP contribution < -0.4 is 21.3 Å². The van der Waals surface area contributed by atoms with E-state index in [1.165, 1.54) is 12.1 Å². The van der Waals surface area contributed by atoms with Crippen LogP contribution >= 0.6 is 0 Å². The van der Waals surface area contributed by atoms with E-state index in [9.17, 15) is 24.4 Å². The lowest BCUT2D eigenvalue weighted by Crippen LogP contribution is -2.23. The van der Waals surface area contributed by atoms with E-state index in [1.807, 2.05) is 83.1 Å². The van der Waals surface area contributed by atoms with Crippen molar-refractivity contribution < 1.29 is 19.2 Å². The Labute approximate surface area is 305 Å². The summed E-state index contributed by atoms with van der Waals surface area (Å²) in [5.41, 5.74) is -0.472. The van der Waals surface area contributed by atoms with Gasteiger partial charge in [-0.15, -0.1) is 0 Å². The molecule has 3 rings (SSSR count). The van der Waals surface area contributed by atoms with Crippen molar-refractivity contribution in [3.8, 4) is 28.8 Å². The molecule has 0 bridgehead atoms. The van der Waals surface area contributed by atoms with Crippen LogP contribution in [0.3, 0.4) is 0 Å². The number of nitrogens with one attached hydrogen (secondary N) is 4. The van der Waals surface area contributed by atoms with Crippen LogP contribution in [0, 0.1) is 33.0 Å². The Morgan fingerprint density at radius 3 is 0.942 bits per heavy atom. The first-order valence-corrected chi connectivity index (χ1v) is 17.0. The van der Waals surface area contributed by atoms with Gasteiger partial charge in [0.05, 0.1) is 11.6 Å². The lowest BCUT2D eigenvalue weighted by molar-refractivity contribution is -0.118. The predicted molar refractivity (Wildman–Crippen MR) is 200 cm³/mol. The van der Waals surface area contributed by atoms with E-state index in [0.29, 0.717) is 11.1 Å². The fraction of sp³-hybridized carbons (Fsp3) is 0.541. The molecule has 52 heavy (non-hydrogen) atoms. The highest BCUT2D eigenvalue weighted by molar-refractivity contribution is 5.93. The van der Waals surface area contributed by atoms with Gasteiger partial charge in [0.15, 0.2) is 11.6 Å². The molecule has 0 unspecified atom stereocenters. The van der Waals surface area contributed by atoms with Crippen LogP contribution in [0.5, 0.6) is 0 Å². The Bertz CT molecular complexity index is 1650. The molecular formula is C37H51N11O4. The Hall–Kier alpha value is -5.39. The van der Waals surface area contributed by atoms with E-state index < -0.39 is 0 Å². The molecule has 15 nitrogen and oxygen atoms in total. The summed E-state index contributed by atoms with van der Waals surface area (Å²) < 4.78 is 0. The number of benzene rings is 1. The maximum Gasteiger partial charge on any atom is 0.234 e. The maximum atomic E-state index is 12.9. The molecular weight excluding hydrogens is 662 g/mol. The molecule has 0 saturated carbocycles. The summed E-state index contributed by atoms with van der Waals surface area (Å²) in [6.45, 7) is 23.0. The summed E-state index contributed by atoms with van der Waals surface area (Å²) in [6, 6.07) is 6.78. The topological polar surface area (TPSA) is 218 Å². The number of hydrogen-bond donors (Lipinski definition) is 4. The third-order valence-corrected chi connectivity index (χ3v) is 6.62. The van der Waals surface area contributed by atoms with Crippen LogP contribution in [0.2, 0.25) is 0 Å². The first kappa shape index (κ1) is 41.0. The monoisotopic (exact) mass is 713 g/mol. The zero-order valence-corrected chi connectivity index (χ0v) is 32.3. The zero-order chi connectivity index (χ0) is 39.2. The number of carbonyl (C=O) groups is 4. The summed E-state index contributed by atoms with van der Waals surface area (Å²) in [6.07, 6.45) is 0.708. The SMILES string of the molecule is CC(C)(C)CC(=O)Nc1nc(NC(=O)CC(C)(C)C)nc(-c2cc(C#N)cc(-c3nc(NC(=O)CC(C)(C)C)nc(NC(=O)CC(C)(C)C)n3)c2)n1. The van der Waals surface area contributed by atoms with Gasteiger partial charge in [0.25, 0.3) is 0 Å². The highest BCUT2D eigenvalue weighted by Crippen LogP contribution is 2.29. The van der Waals surface area contributed by atoms with Crippen LogP contribution in [0.1, 0.15) is 114 Å². The molecule has 0 aliphatic heterocycles. The molecule has 0 radical (unpaired) electrons. The molecule has 0 spiro atoms. The molecule has 1 aromatic carbocycles. The Morgan fingerprint density at radius 1 is 0.481 bits per heavy atom. The number of carbonyl (C=O) groups excluding carboxylic acids is 4. The quantitative estimate of drug-likeness (QED) is 0.172. The van der Waals surface area contributed by atoms with Gasteiger partial charge in [0.1, 0.15) is 0 Å². The number of anilines is 4. The summed E-state index contributed by atoms with van der Waals surface area (Å²) in [4.78, 5) is 78.0. The molecule has 15 heteroatoms. The van der Waals surface area contributed by atoms with Crippen LogP contribution in [0.4, 0.5) is 23.8 Å². The van der Waals surface area contributed by atoms with Crippen molar-refractivity contribution in [2.24, 2.45) is 21.7 Å². The van der Waals surface area contributed by atoms with Gasteiger partial charge in [-0.1, -0.05) is 83.1 Å². The normalized spacial score (nSPS) is 12.1. The molecule has 4 N–H and O–H groups in total. The van der Waals surface area contributed by atoms with Crippen LogP contribution in [0.25, 0.3) is 22.8 Å². The van der Waals surface area contributed by atoms with Crippen LogP contribution in [-0.2, 0) is 19.2 Å². The van der Waals surface area contributed by atoms with E-state index in [1.54, 1.807) is 6.07 Å². The third kappa shape index (κ3) is 14.5. The van der Waals surface area contributed by atoms with Gasteiger partial charge in [-0.3, -0.25) is 40.4 Å². The Balaban J connectivity index is 2.17. The maximum absolute atomic E-state index is 12.9. The van der Waals surface area contributed by atoms with Gasteiger partial charge in [-0.25, -0.2) is 0 Å². The first-order valence-electron chi connectivity index (χ1n) is 17.0. The van der Waals surface area contributed by atoms with Crippen molar-refractivity contribution in [3.05, 3.63) is 23.8 Å². The second-order valence-corrected chi connectivity index (χ2v) is 17.7. The summed E-state index contributed by atoms with van der Waals surface area (Å²) in [7, 11) is 0. The van der Waals surface area contributed by atoms with E-state index >= 15 is 0 Å². The van der Waals surface area contributed by atoms with Gasteiger partial charge in [-0.2, -0.15) is 35.2 Å². The van der Waals surface area contributed by atoms with Crippen molar-refractivity contribution in [3.63, 3.8) is 0 Å². The zero-order valence-electron chi connectivity index (χ0n) is 32.3. The number of amides is 4. The molecule has 2 heterocycles. The minimum absolute atomic E-state index is 0.0388. The van der Waals surface area contributed by atoms with Crippen molar-refractivity contribution >= 4 is 47.4 Å². The molecule has 0 aliphatic rings. The lowest BCUT2D eigenvalue weighted by atomic mass is 9.92. The highest BCUT2D eigenvalue weighted by atomic mass is 16.2. The third-order valence-electron chi connectivity index (χ3n) is 6.62. The van der Waals surface area contributed by atoms with Crippen LogP contribution in [-0.4, -0.2) is 53.5 Å². The molecule has 0 fully saturated rings. The smallest absolute Gasteiger partial charge is 0.234 e. The standard InChI is InChI=1S/C37H51N11O4/c1-34(2,3)16-24(49)39-30-43-28(44-31(47-30)40-25(50)17-35(4,5)6)22-13-21(20-38)14-23(15-22)29-45-32(41-26(51)18-36(7,8)9)48-33(46-29)42-27(52)19-37(10,11)12/h13-15H,16-19H2,1-12H3,(H2,39,40,43,44,47,49,50)(H2,41,42,45,46,48,51,52). The lowest BCUT2D eigenvalue weighted by Gasteiger charge is -2.18. The van der Waals surface area contributed by atoms with Crippen molar-refractivity contribution in [2.45, 2.75) is 109 Å². The number of hydrogen-bond acceptors (Lipinski definition) is 11. The second-order valence-electron chi connectivity index (χ2n) is 17.7. The summed E-state index contributed by atoms with van der Waals surface area (Å²) in [5, 5.41) is 20.8. The van der Waals surface area contributed by atoms with Crippen molar-refractivity contribution in [2.75, 3.05) is 21.3 Å². The fourth-order valence-electron chi connectivity index (χ4n) is 4.79. The highest BCUT2D eigenvalue weighted by Gasteiger charge is 2.23. The van der Waals surface area contributed by atoms with Gasteiger partial charge in [0.2, 0.25) is 47.4 Å². The van der Waals surface area contributed by atoms with Crippen molar-refractivity contribution in [1.82, 2.24) is 29.9 Å². The fourth-order valence-corrected chi connectivity index (χ4v) is 4.79. The summed E-state index contributed by atoms with van der Waals surface area (Å²) in [5.74, 6) is -1.65. The number of aromatic nitrogens is 6. The van der Waals surface area contributed by atoms with E-state index in [2.05, 4.69) is 57.2 Å². The van der Waals surface area contributed by atoms with Gasteiger partial charge in [0, 0.05) is 36.8 Å². The number of nitriles is 1. The van der Waals surface area contributed by atoms with Crippen LogP contribution in [0.15, 0.2) is 18.2 Å². The van der Waals surface area contributed by atoms with E-state index in [-0.39, 0.29) is 112 Å². The molecule has 278 valence electrons. The molecule has 4 amide bonds. The largest absolute Gasteiger partial charge is 0.294 e. The minimum atomic E-state index is -0.338. The van der Waals surface area contributed by atoms with Gasteiger partial charge in [-0.05, 0) is 39.9 Å². The molecule has 0 saturated heterocycles. The predicted octanol–water partition coefficient (Wildman–Crippen LogP) is 6.76. The van der Waals surface area contributed by atoms with Gasteiger partial charge < -0.3 is 0 Å². The molecule has 0 aliphatic carbocycles.